The second-order valence-corrected chi connectivity index (χ2v) is 9.29. The van der Waals surface area contributed by atoms with E-state index < -0.39 is 18.8 Å². The molecule has 0 aliphatic carbocycles. The lowest BCUT2D eigenvalue weighted by molar-refractivity contribution is -0.117. The average molecular weight is 510 g/mol. The minimum atomic E-state index is -4.72. The van der Waals surface area contributed by atoms with Crippen molar-refractivity contribution in [3.8, 4) is 0 Å². The Bertz CT molecular complexity index is 1140. The minimum absolute atomic E-state index is 0.0183. The lowest BCUT2D eigenvalue weighted by Gasteiger charge is -2.22. The highest BCUT2D eigenvalue weighted by Gasteiger charge is 2.19. The van der Waals surface area contributed by atoms with Crippen LogP contribution in [0.3, 0.4) is 0 Å². The van der Waals surface area contributed by atoms with E-state index in [2.05, 4.69) is 14.5 Å². The molecule has 0 aliphatic rings. The van der Waals surface area contributed by atoms with Crippen molar-refractivity contribution >= 4 is 43.0 Å². The van der Waals surface area contributed by atoms with Crippen LogP contribution in [0.25, 0.3) is 6.08 Å². The number of nitrogens with zero attached hydrogens (tertiary/aromatic N) is 3. The van der Waals surface area contributed by atoms with Crippen molar-refractivity contribution in [1.82, 2.24) is 14.9 Å². The number of phosphoric ester groups is 1. The van der Waals surface area contributed by atoms with Gasteiger partial charge in [-0.15, -0.1) is 0 Å². The maximum atomic E-state index is 13.0. The van der Waals surface area contributed by atoms with Crippen LogP contribution in [0.1, 0.15) is 30.3 Å². The number of anilines is 1. The van der Waals surface area contributed by atoms with E-state index in [0.717, 1.165) is 11.8 Å². The third-order valence-electron chi connectivity index (χ3n) is 4.42. The van der Waals surface area contributed by atoms with Crippen LogP contribution in [-0.4, -0.2) is 42.8 Å². The molecule has 0 unspecified atom stereocenters. The molecule has 1 aromatic carbocycles. The molecule has 13 heteroatoms. The summed E-state index contributed by atoms with van der Waals surface area (Å²) in [5.74, 6) is 0.261. The Labute approximate surface area is 200 Å². The van der Waals surface area contributed by atoms with Gasteiger partial charge in [-0.3, -0.25) is 14.1 Å². The Morgan fingerprint density at radius 1 is 1.32 bits per heavy atom. The summed E-state index contributed by atoms with van der Waals surface area (Å²) in [4.78, 5) is 52.0. The van der Waals surface area contributed by atoms with Gasteiger partial charge in [0.05, 0.1) is 13.2 Å². The molecule has 0 aliphatic heterocycles. The zero-order chi connectivity index (χ0) is 25.3. The molecule has 2 rings (SSSR count). The van der Waals surface area contributed by atoms with Gasteiger partial charge >= 0.3 is 7.82 Å². The number of amides is 1. The lowest BCUT2D eigenvalue weighted by Crippen LogP contribution is -2.22. The summed E-state index contributed by atoms with van der Waals surface area (Å²) in [5, 5.41) is -0.418. The number of nitrogens with two attached hydrogens (primary N) is 1. The summed E-state index contributed by atoms with van der Waals surface area (Å²) in [7, 11) is -4.72. The van der Waals surface area contributed by atoms with Crippen LogP contribution in [0.5, 0.6) is 0 Å². The third-order valence-corrected chi connectivity index (χ3v) is 6.02. The molecule has 10 nitrogen and oxygen atoms in total. The fraction of sp³-hybridized carbons (Fsp3) is 0.238. The number of halogens is 1. The molecule has 0 atom stereocenters. The largest absolute Gasteiger partial charge is 0.469 e. The Morgan fingerprint density at radius 3 is 2.59 bits per heavy atom. The number of allylic oxidation sites excluding steroid dienone is 1. The molecule has 34 heavy (non-hydrogen) atoms. The maximum Gasteiger partial charge on any atom is 0.469 e. The number of rotatable bonds is 11. The second-order valence-electron chi connectivity index (χ2n) is 6.95. The normalized spacial score (nSPS) is 12.5. The van der Waals surface area contributed by atoms with Crippen LogP contribution in [0, 0.1) is 12.7 Å². The molecule has 1 heterocycles. The van der Waals surface area contributed by atoms with E-state index in [9.17, 15) is 18.5 Å². The number of thioether (sulfide) groups is 1. The standard InChI is InChI=1S/C21H24FN4O6PS/c1-14(26(13-27)12-17-11-24-15(2)25-21(17)23)19(9-10-32-33(29,30)31)34-20(28)8-5-16-3-6-18(22)7-4-16/h3-8,11,13H,9-10,12H2,1-2H3,(H2,23,24,25)(H2,29,30,31)/b8-5+,19-14-. The number of phosphoric acid groups is 1. The van der Waals surface area contributed by atoms with Crippen LogP contribution in [0.2, 0.25) is 0 Å². The van der Waals surface area contributed by atoms with E-state index in [1.165, 1.54) is 47.5 Å². The number of aromatic nitrogens is 2. The van der Waals surface area contributed by atoms with Crippen LogP contribution >= 0.6 is 19.6 Å². The number of nitrogen functional groups attached to an aromatic ring is 1. The van der Waals surface area contributed by atoms with Crippen molar-refractivity contribution in [3.63, 3.8) is 0 Å². The summed E-state index contributed by atoms with van der Waals surface area (Å²) in [5.41, 5.74) is 7.35. The van der Waals surface area contributed by atoms with Crippen molar-refractivity contribution in [3.05, 3.63) is 69.9 Å². The predicted molar refractivity (Wildman–Crippen MR) is 126 cm³/mol. The molecular formula is C21H24FN4O6PS. The monoisotopic (exact) mass is 510 g/mol. The number of carbonyl (C=O) groups is 2. The summed E-state index contributed by atoms with van der Waals surface area (Å²) in [6, 6.07) is 5.52. The molecule has 0 fully saturated rings. The molecule has 1 amide bonds. The van der Waals surface area contributed by atoms with Gasteiger partial charge in [-0.1, -0.05) is 18.2 Å². The summed E-state index contributed by atoms with van der Waals surface area (Å²) in [6.45, 7) is 2.88. The van der Waals surface area contributed by atoms with Crippen LogP contribution < -0.4 is 5.73 Å². The van der Waals surface area contributed by atoms with Gasteiger partial charge in [-0.25, -0.2) is 18.9 Å². The molecular weight excluding hydrogens is 486 g/mol. The fourth-order valence-electron chi connectivity index (χ4n) is 2.67. The topological polar surface area (TPSA) is 156 Å². The van der Waals surface area contributed by atoms with E-state index in [4.69, 9.17) is 15.5 Å². The fourth-order valence-corrected chi connectivity index (χ4v) is 3.83. The molecule has 0 radical (unpaired) electrons. The van der Waals surface area contributed by atoms with Gasteiger partial charge < -0.3 is 20.4 Å². The third kappa shape index (κ3) is 9.16. The summed E-state index contributed by atoms with van der Waals surface area (Å²) >= 11 is 0.771. The zero-order valence-corrected chi connectivity index (χ0v) is 20.1. The van der Waals surface area contributed by atoms with Gasteiger partial charge in [0.1, 0.15) is 17.5 Å². The van der Waals surface area contributed by atoms with Crippen LogP contribution in [0.4, 0.5) is 10.2 Å². The highest BCUT2D eigenvalue weighted by molar-refractivity contribution is 8.17. The smallest absolute Gasteiger partial charge is 0.383 e. The molecule has 0 bridgehead atoms. The highest BCUT2D eigenvalue weighted by Crippen LogP contribution is 2.37. The van der Waals surface area contributed by atoms with Crippen LogP contribution in [-0.2, 0) is 25.2 Å². The minimum Gasteiger partial charge on any atom is -0.383 e. The first-order chi connectivity index (χ1) is 16.0. The molecule has 2 aromatic rings. The Hall–Kier alpha value is -2.89. The van der Waals surface area contributed by atoms with Crippen molar-refractivity contribution < 1.29 is 32.9 Å². The number of hydrogen-bond acceptors (Lipinski definition) is 8. The van der Waals surface area contributed by atoms with Gasteiger partial charge in [0.2, 0.25) is 11.5 Å². The molecule has 1 aromatic heterocycles. The van der Waals surface area contributed by atoms with E-state index in [1.807, 2.05) is 0 Å². The highest BCUT2D eigenvalue weighted by atomic mass is 32.2. The molecule has 182 valence electrons. The van der Waals surface area contributed by atoms with Crippen LogP contribution in [0.15, 0.2) is 47.1 Å². The first kappa shape index (κ1) is 27.4. The quantitative estimate of drug-likeness (QED) is 0.233. The molecule has 0 spiro atoms. The van der Waals surface area contributed by atoms with E-state index in [0.29, 0.717) is 34.0 Å². The molecule has 4 N–H and O–H groups in total. The van der Waals surface area contributed by atoms with E-state index >= 15 is 0 Å². The summed E-state index contributed by atoms with van der Waals surface area (Å²) < 4.78 is 28.6. The average Bonchev–Trinajstić information content (AvgIpc) is 2.76. The number of aryl methyl sites for hydroxylation is 1. The zero-order valence-electron chi connectivity index (χ0n) is 18.4. The number of hydrogen-bond donors (Lipinski definition) is 3. The van der Waals surface area contributed by atoms with Gasteiger partial charge in [0.15, 0.2) is 0 Å². The Morgan fingerprint density at radius 2 is 2.00 bits per heavy atom. The Kier molecular flexibility index (Phi) is 10.1. The molecule has 0 saturated carbocycles. The molecule has 0 saturated heterocycles. The Balaban J connectivity index is 2.25. The van der Waals surface area contributed by atoms with Crippen molar-refractivity contribution in [2.75, 3.05) is 12.3 Å². The van der Waals surface area contributed by atoms with Crippen molar-refractivity contribution in [2.24, 2.45) is 0 Å². The summed E-state index contributed by atoms with van der Waals surface area (Å²) in [6.07, 6.45) is 4.74. The number of benzene rings is 1. The van der Waals surface area contributed by atoms with Gasteiger partial charge in [-0.05, 0) is 49.4 Å². The SMILES string of the molecule is C/C(=C(\CCOP(=O)(O)O)SC(=O)/C=C/c1ccc(F)cc1)N(C=O)Cc1cnc(C)nc1N. The predicted octanol–water partition coefficient (Wildman–Crippen LogP) is 3.17. The lowest BCUT2D eigenvalue weighted by atomic mass is 10.2. The van der Waals surface area contributed by atoms with Gasteiger partial charge in [0.25, 0.3) is 0 Å². The van der Waals surface area contributed by atoms with Crippen molar-refractivity contribution in [2.45, 2.75) is 26.8 Å². The van der Waals surface area contributed by atoms with E-state index in [-0.39, 0.29) is 25.4 Å². The first-order valence-electron chi connectivity index (χ1n) is 9.83. The van der Waals surface area contributed by atoms with Gasteiger partial charge in [-0.2, -0.15) is 0 Å². The second kappa shape index (κ2) is 12.5. The maximum absolute atomic E-state index is 13.0. The van der Waals surface area contributed by atoms with Crippen molar-refractivity contribution in [1.29, 1.82) is 0 Å². The van der Waals surface area contributed by atoms with Gasteiger partial charge in [0, 0.05) is 28.8 Å². The van der Waals surface area contributed by atoms with E-state index in [1.54, 1.807) is 13.8 Å². The first-order valence-corrected chi connectivity index (χ1v) is 12.2. The number of carbonyl (C=O) groups excluding carboxylic acids is 2.